The molecule has 2 bridgehead atoms. The number of fused-ring (bicyclic) bond motifs is 3. The van der Waals surface area contributed by atoms with E-state index < -0.39 is 28.0 Å². The molecular formula is C17H20N2O5S. The first-order valence-electron chi connectivity index (χ1n) is 8.48. The summed E-state index contributed by atoms with van der Waals surface area (Å²) < 4.78 is 27.7. The Kier molecular flexibility index (Phi) is 3.66. The number of rotatable bonds is 3. The minimum Gasteiger partial charge on any atom is -0.481 e. The number of hydrogen-bond donors (Lipinski definition) is 1. The molecule has 1 amide bonds. The van der Waals surface area contributed by atoms with Crippen molar-refractivity contribution in [3.05, 3.63) is 23.8 Å². The van der Waals surface area contributed by atoms with E-state index in [-0.39, 0.29) is 16.8 Å². The predicted octanol–water partition coefficient (Wildman–Crippen LogP) is 1.22. The lowest BCUT2D eigenvalue weighted by atomic mass is 9.89. The molecule has 3 atom stereocenters. The molecule has 8 heteroatoms. The molecule has 0 aliphatic carbocycles. The third-order valence-electron chi connectivity index (χ3n) is 5.70. The number of carboxylic acid groups (broad SMARTS) is 1. The third kappa shape index (κ3) is 2.38. The maximum absolute atomic E-state index is 13.2. The molecule has 134 valence electrons. The molecule has 4 rings (SSSR count). The van der Waals surface area contributed by atoms with E-state index in [2.05, 4.69) is 0 Å². The number of anilines is 1. The fraction of sp³-hybridized carbons (Fsp3) is 0.529. The zero-order valence-electron chi connectivity index (χ0n) is 13.9. The lowest BCUT2D eigenvalue weighted by Crippen LogP contribution is -2.37. The lowest BCUT2D eigenvalue weighted by Gasteiger charge is -2.23. The van der Waals surface area contributed by atoms with E-state index in [1.165, 1.54) is 11.2 Å². The number of nitrogens with zero attached hydrogens (tertiary/aromatic N) is 2. The molecule has 0 spiro atoms. The fourth-order valence-corrected chi connectivity index (χ4v) is 6.48. The normalized spacial score (nSPS) is 28.4. The Morgan fingerprint density at radius 2 is 2.00 bits per heavy atom. The maximum atomic E-state index is 13.2. The highest BCUT2D eigenvalue weighted by molar-refractivity contribution is 7.89. The van der Waals surface area contributed by atoms with Gasteiger partial charge in [-0.2, -0.15) is 4.31 Å². The standard InChI is InChI=1S/C17H20N2O5S/c1-10(20)18-7-6-11-2-4-13(9-16(11)18)25(23,24)19-12-3-5-15(19)14(8-12)17(21)22/h2,4,9,12,14-15H,3,5-8H2,1H3,(H,21,22). The highest BCUT2D eigenvalue weighted by Gasteiger charge is 2.54. The Morgan fingerprint density at radius 3 is 2.64 bits per heavy atom. The summed E-state index contributed by atoms with van der Waals surface area (Å²) in [6.45, 7) is 2.03. The van der Waals surface area contributed by atoms with E-state index in [0.717, 1.165) is 5.56 Å². The Hall–Kier alpha value is -1.93. The van der Waals surface area contributed by atoms with Crippen LogP contribution in [-0.2, 0) is 26.0 Å². The van der Waals surface area contributed by atoms with Crippen LogP contribution >= 0.6 is 0 Å². The highest BCUT2D eigenvalue weighted by Crippen LogP contribution is 2.45. The quantitative estimate of drug-likeness (QED) is 0.870. The van der Waals surface area contributed by atoms with E-state index in [1.807, 2.05) is 0 Å². The Labute approximate surface area is 146 Å². The minimum absolute atomic E-state index is 0.111. The van der Waals surface area contributed by atoms with Crippen molar-refractivity contribution in [1.29, 1.82) is 0 Å². The summed E-state index contributed by atoms with van der Waals surface area (Å²) in [5.74, 6) is -1.67. The van der Waals surface area contributed by atoms with Gasteiger partial charge in [-0.3, -0.25) is 9.59 Å². The average Bonchev–Trinajstić information content (AvgIpc) is 3.26. The summed E-state index contributed by atoms with van der Waals surface area (Å²) in [4.78, 5) is 24.9. The fourth-order valence-electron chi connectivity index (χ4n) is 4.55. The van der Waals surface area contributed by atoms with Crippen LogP contribution < -0.4 is 4.90 Å². The van der Waals surface area contributed by atoms with Crippen molar-refractivity contribution >= 4 is 27.6 Å². The number of sulfonamides is 1. The Bertz CT molecular complexity index is 866. The number of amides is 1. The van der Waals surface area contributed by atoms with Crippen molar-refractivity contribution in [2.45, 2.75) is 49.6 Å². The van der Waals surface area contributed by atoms with E-state index >= 15 is 0 Å². The molecule has 3 aliphatic heterocycles. The van der Waals surface area contributed by atoms with Crippen LogP contribution in [0.4, 0.5) is 5.69 Å². The molecule has 0 saturated carbocycles. The van der Waals surface area contributed by atoms with E-state index in [9.17, 15) is 23.1 Å². The molecule has 1 aromatic rings. The summed E-state index contributed by atoms with van der Waals surface area (Å²) in [5, 5.41) is 9.35. The van der Waals surface area contributed by atoms with Crippen molar-refractivity contribution in [2.75, 3.05) is 11.4 Å². The smallest absolute Gasteiger partial charge is 0.308 e. The van der Waals surface area contributed by atoms with Gasteiger partial charge in [-0.1, -0.05) is 6.07 Å². The van der Waals surface area contributed by atoms with Crippen LogP contribution in [-0.4, -0.2) is 48.3 Å². The zero-order chi connectivity index (χ0) is 17.9. The van der Waals surface area contributed by atoms with E-state index in [1.54, 1.807) is 23.1 Å². The second-order valence-corrected chi connectivity index (χ2v) is 8.87. The van der Waals surface area contributed by atoms with Crippen LogP contribution in [0, 0.1) is 5.92 Å². The van der Waals surface area contributed by atoms with Crippen molar-refractivity contribution in [1.82, 2.24) is 4.31 Å². The molecule has 0 aromatic heterocycles. The lowest BCUT2D eigenvalue weighted by molar-refractivity contribution is -0.142. The number of hydrogen-bond acceptors (Lipinski definition) is 4. The molecule has 3 heterocycles. The predicted molar refractivity (Wildman–Crippen MR) is 89.8 cm³/mol. The molecule has 2 fully saturated rings. The van der Waals surface area contributed by atoms with Gasteiger partial charge in [-0.25, -0.2) is 8.42 Å². The summed E-state index contributed by atoms with van der Waals surface area (Å²) in [7, 11) is -3.78. The minimum atomic E-state index is -3.78. The number of carboxylic acids is 1. The molecule has 1 N–H and O–H groups in total. The zero-order valence-corrected chi connectivity index (χ0v) is 14.7. The van der Waals surface area contributed by atoms with Gasteiger partial charge in [0.05, 0.1) is 10.8 Å². The summed E-state index contributed by atoms with van der Waals surface area (Å²) in [6, 6.07) is 4.19. The second kappa shape index (κ2) is 5.54. The van der Waals surface area contributed by atoms with Gasteiger partial charge in [0.25, 0.3) is 0 Å². The first kappa shape index (κ1) is 16.5. The molecule has 2 saturated heterocycles. The van der Waals surface area contributed by atoms with Crippen molar-refractivity contribution in [3.63, 3.8) is 0 Å². The number of benzene rings is 1. The summed E-state index contributed by atoms with van der Waals surface area (Å²) in [5.41, 5.74) is 1.61. The molecule has 7 nitrogen and oxygen atoms in total. The molecule has 25 heavy (non-hydrogen) atoms. The Balaban J connectivity index is 1.72. The SMILES string of the molecule is CC(=O)N1CCc2ccc(S(=O)(=O)N3C4CCC3C(C(=O)O)C4)cc21. The van der Waals surface area contributed by atoms with Crippen LogP contribution in [0.3, 0.4) is 0 Å². The van der Waals surface area contributed by atoms with Crippen LogP contribution in [0.15, 0.2) is 23.1 Å². The maximum Gasteiger partial charge on any atom is 0.308 e. The van der Waals surface area contributed by atoms with Crippen molar-refractivity contribution in [3.8, 4) is 0 Å². The van der Waals surface area contributed by atoms with Crippen LogP contribution in [0.2, 0.25) is 0 Å². The second-order valence-electron chi connectivity index (χ2n) is 7.03. The monoisotopic (exact) mass is 364 g/mol. The number of carbonyl (C=O) groups excluding carboxylic acids is 1. The topological polar surface area (TPSA) is 95.0 Å². The largest absolute Gasteiger partial charge is 0.481 e. The summed E-state index contributed by atoms with van der Waals surface area (Å²) in [6.07, 6.45) is 2.39. The van der Waals surface area contributed by atoms with Crippen molar-refractivity contribution in [2.24, 2.45) is 5.92 Å². The van der Waals surface area contributed by atoms with E-state index in [0.29, 0.717) is 37.9 Å². The van der Waals surface area contributed by atoms with E-state index in [4.69, 9.17) is 0 Å². The molecule has 0 radical (unpaired) electrons. The molecule has 3 aliphatic rings. The van der Waals surface area contributed by atoms with Crippen LogP contribution in [0.25, 0.3) is 0 Å². The summed E-state index contributed by atoms with van der Waals surface area (Å²) >= 11 is 0. The molecular weight excluding hydrogens is 344 g/mol. The van der Waals surface area contributed by atoms with Gasteiger partial charge in [0.15, 0.2) is 0 Å². The van der Waals surface area contributed by atoms with Gasteiger partial charge in [0.1, 0.15) is 0 Å². The van der Waals surface area contributed by atoms with Crippen molar-refractivity contribution < 1.29 is 23.1 Å². The van der Waals surface area contributed by atoms with Gasteiger partial charge in [0, 0.05) is 31.2 Å². The molecule has 1 aromatic carbocycles. The number of aliphatic carboxylic acids is 1. The number of carbonyl (C=O) groups is 2. The molecule has 3 unspecified atom stereocenters. The van der Waals surface area contributed by atoms with Gasteiger partial charge < -0.3 is 10.0 Å². The third-order valence-corrected chi connectivity index (χ3v) is 7.67. The highest BCUT2D eigenvalue weighted by atomic mass is 32.2. The van der Waals surface area contributed by atoms with Crippen LogP contribution in [0.5, 0.6) is 0 Å². The first-order valence-corrected chi connectivity index (χ1v) is 9.92. The first-order chi connectivity index (χ1) is 11.8. The van der Waals surface area contributed by atoms with Gasteiger partial charge in [-0.15, -0.1) is 0 Å². The van der Waals surface area contributed by atoms with Gasteiger partial charge >= 0.3 is 5.97 Å². The average molecular weight is 364 g/mol. The Morgan fingerprint density at radius 1 is 1.24 bits per heavy atom. The van der Waals surface area contributed by atoms with Gasteiger partial charge in [0.2, 0.25) is 15.9 Å². The van der Waals surface area contributed by atoms with Crippen LogP contribution in [0.1, 0.15) is 31.7 Å². The van der Waals surface area contributed by atoms with Gasteiger partial charge in [-0.05, 0) is 43.4 Å².